The quantitative estimate of drug-likeness (QED) is 0.642. The maximum absolute atomic E-state index is 11.1. The predicted octanol–water partition coefficient (Wildman–Crippen LogP) is 3.09. The van der Waals surface area contributed by atoms with E-state index in [1.165, 1.54) is 10.7 Å². The van der Waals surface area contributed by atoms with Crippen LogP contribution in [0, 0.1) is 17.0 Å². The van der Waals surface area contributed by atoms with E-state index >= 15 is 0 Å². The van der Waals surface area contributed by atoms with Crippen molar-refractivity contribution in [2.75, 3.05) is 11.9 Å². The number of aliphatic hydroxyl groups is 1. The number of aryl methyl sites for hydroxylation is 2. The molecular weight excluding hydrogens is 331 g/mol. The number of nitrogens with zero attached hydrogens (tertiary/aromatic N) is 3. The zero-order chi connectivity index (χ0) is 16.4. The third-order valence-electron chi connectivity index (χ3n) is 3.16. The number of nitrogens with one attached hydrogen (secondary N) is 1. The molecule has 118 valence electrons. The summed E-state index contributed by atoms with van der Waals surface area (Å²) in [6, 6.07) is 4.75. The van der Waals surface area contributed by atoms with Gasteiger partial charge in [0.1, 0.15) is 5.69 Å². The number of hydrogen-bond donors (Lipinski definition) is 2. The minimum absolute atomic E-state index is 0.0428. The van der Waals surface area contributed by atoms with Gasteiger partial charge >= 0.3 is 5.69 Å². The van der Waals surface area contributed by atoms with Gasteiger partial charge in [-0.05, 0) is 19.1 Å². The highest BCUT2D eigenvalue weighted by molar-refractivity contribution is 6.35. The van der Waals surface area contributed by atoms with Gasteiger partial charge in [0.15, 0.2) is 0 Å². The van der Waals surface area contributed by atoms with E-state index in [1.807, 2.05) is 0 Å². The molecule has 7 nitrogen and oxygen atoms in total. The molecule has 0 aliphatic rings. The molecule has 2 rings (SSSR count). The Bertz CT molecular complexity index is 718. The standard InChI is InChI=1S/C13H14Cl2N4O3/c1-7-12(19(21)22)13(18(2)17-7)16-6-11(20)9-4-3-8(14)5-10(9)15/h3-5,11,16,20H,6H2,1-2H3/t11-/m0/s1. The average Bonchev–Trinajstić information content (AvgIpc) is 2.70. The van der Waals surface area contributed by atoms with Crippen LogP contribution < -0.4 is 5.32 Å². The van der Waals surface area contributed by atoms with Crippen molar-refractivity contribution in [3.05, 3.63) is 49.6 Å². The van der Waals surface area contributed by atoms with Crippen molar-refractivity contribution in [2.24, 2.45) is 7.05 Å². The van der Waals surface area contributed by atoms with Crippen LogP contribution in [0.1, 0.15) is 17.4 Å². The molecule has 0 saturated heterocycles. The molecule has 9 heteroatoms. The van der Waals surface area contributed by atoms with Gasteiger partial charge in [0.25, 0.3) is 0 Å². The molecule has 22 heavy (non-hydrogen) atoms. The maximum atomic E-state index is 11.1. The molecule has 0 radical (unpaired) electrons. The van der Waals surface area contributed by atoms with E-state index in [2.05, 4.69) is 10.4 Å². The second kappa shape index (κ2) is 6.51. The molecule has 0 bridgehead atoms. The van der Waals surface area contributed by atoms with E-state index in [4.69, 9.17) is 23.2 Å². The number of anilines is 1. The highest BCUT2D eigenvalue weighted by Gasteiger charge is 2.24. The van der Waals surface area contributed by atoms with E-state index < -0.39 is 11.0 Å². The minimum Gasteiger partial charge on any atom is -0.387 e. The van der Waals surface area contributed by atoms with Crippen molar-refractivity contribution < 1.29 is 10.0 Å². The topological polar surface area (TPSA) is 93.2 Å². The highest BCUT2D eigenvalue weighted by Crippen LogP contribution is 2.30. The SMILES string of the molecule is Cc1nn(C)c(NC[C@H](O)c2ccc(Cl)cc2Cl)c1[N+](=O)[O-]. The number of benzene rings is 1. The summed E-state index contributed by atoms with van der Waals surface area (Å²) in [6.07, 6.45) is -0.945. The Balaban J connectivity index is 2.18. The van der Waals surface area contributed by atoms with Crippen LogP contribution in [0.25, 0.3) is 0 Å². The lowest BCUT2D eigenvalue weighted by Gasteiger charge is -2.14. The van der Waals surface area contributed by atoms with Gasteiger partial charge in [-0.15, -0.1) is 0 Å². The Morgan fingerprint density at radius 3 is 2.77 bits per heavy atom. The molecule has 0 saturated carbocycles. The molecule has 0 spiro atoms. The average molecular weight is 345 g/mol. The van der Waals surface area contributed by atoms with Crippen molar-refractivity contribution in [1.29, 1.82) is 0 Å². The first-order chi connectivity index (χ1) is 10.3. The summed E-state index contributed by atoms with van der Waals surface area (Å²) >= 11 is 11.8. The van der Waals surface area contributed by atoms with Crippen molar-refractivity contribution in [1.82, 2.24) is 9.78 Å². The molecule has 0 fully saturated rings. The Kier molecular flexibility index (Phi) is 4.90. The van der Waals surface area contributed by atoms with E-state index in [-0.39, 0.29) is 18.1 Å². The molecule has 1 aromatic heterocycles. The number of nitro groups is 1. The molecule has 2 N–H and O–H groups in total. The van der Waals surface area contributed by atoms with Crippen molar-refractivity contribution in [3.8, 4) is 0 Å². The van der Waals surface area contributed by atoms with Crippen LogP contribution in [0.3, 0.4) is 0 Å². The molecule has 0 aliphatic heterocycles. The third-order valence-corrected chi connectivity index (χ3v) is 3.72. The van der Waals surface area contributed by atoms with Crippen LogP contribution in [0.15, 0.2) is 18.2 Å². The summed E-state index contributed by atoms with van der Waals surface area (Å²) in [5.41, 5.74) is 0.672. The molecule has 1 heterocycles. The molecule has 0 amide bonds. The summed E-state index contributed by atoms with van der Waals surface area (Å²) in [4.78, 5) is 10.6. The third kappa shape index (κ3) is 3.32. The van der Waals surface area contributed by atoms with Gasteiger partial charge in [-0.2, -0.15) is 5.10 Å². The number of rotatable bonds is 5. The Morgan fingerprint density at radius 1 is 1.50 bits per heavy atom. The minimum atomic E-state index is -0.945. The smallest absolute Gasteiger partial charge is 0.333 e. The van der Waals surface area contributed by atoms with Crippen LogP contribution in [0.4, 0.5) is 11.5 Å². The van der Waals surface area contributed by atoms with E-state index in [0.717, 1.165) is 0 Å². The van der Waals surface area contributed by atoms with Gasteiger partial charge in [-0.1, -0.05) is 29.3 Å². The molecule has 1 aromatic carbocycles. The largest absolute Gasteiger partial charge is 0.387 e. The number of aliphatic hydroxyl groups excluding tert-OH is 1. The second-order valence-corrected chi connectivity index (χ2v) is 5.57. The van der Waals surface area contributed by atoms with Gasteiger partial charge in [0.2, 0.25) is 5.82 Å². The lowest BCUT2D eigenvalue weighted by Crippen LogP contribution is -2.15. The van der Waals surface area contributed by atoms with Crippen LogP contribution in [-0.2, 0) is 7.05 Å². The van der Waals surface area contributed by atoms with Crippen molar-refractivity contribution in [2.45, 2.75) is 13.0 Å². The fourth-order valence-corrected chi connectivity index (χ4v) is 2.67. The van der Waals surface area contributed by atoms with Gasteiger partial charge in [-0.25, -0.2) is 4.68 Å². The summed E-state index contributed by atoms with van der Waals surface area (Å²) in [5.74, 6) is 0.228. The van der Waals surface area contributed by atoms with E-state index in [0.29, 0.717) is 21.3 Å². The molecule has 1 atom stereocenters. The van der Waals surface area contributed by atoms with E-state index in [9.17, 15) is 15.2 Å². The predicted molar refractivity (Wildman–Crippen MR) is 84.5 cm³/mol. The Labute approximate surface area is 136 Å². The van der Waals surface area contributed by atoms with Gasteiger partial charge < -0.3 is 10.4 Å². The van der Waals surface area contributed by atoms with Gasteiger partial charge in [-0.3, -0.25) is 10.1 Å². The summed E-state index contributed by atoms with van der Waals surface area (Å²) < 4.78 is 1.36. The van der Waals surface area contributed by atoms with Crippen LogP contribution in [-0.4, -0.2) is 26.4 Å². The van der Waals surface area contributed by atoms with Crippen LogP contribution in [0.5, 0.6) is 0 Å². The summed E-state index contributed by atoms with van der Waals surface area (Å²) in [5, 5.41) is 28.9. The first-order valence-electron chi connectivity index (χ1n) is 6.36. The maximum Gasteiger partial charge on any atom is 0.333 e. The number of aromatic nitrogens is 2. The zero-order valence-electron chi connectivity index (χ0n) is 11.9. The first-order valence-corrected chi connectivity index (χ1v) is 7.11. The molecular formula is C13H14Cl2N4O3. The summed E-state index contributed by atoms with van der Waals surface area (Å²) in [6.45, 7) is 1.59. The zero-order valence-corrected chi connectivity index (χ0v) is 13.4. The fraction of sp³-hybridized carbons (Fsp3) is 0.308. The monoisotopic (exact) mass is 344 g/mol. The number of halogens is 2. The van der Waals surface area contributed by atoms with Crippen LogP contribution >= 0.6 is 23.2 Å². The van der Waals surface area contributed by atoms with E-state index in [1.54, 1.807) is 26.1 Å². The van der Waals surface area contributed by atoms with Gasteiger partial charge in [0.05, 0.1) is 11.0 Å². The molecule has 2 aromatic rings. The second-order valence-electron chi connectivity index (χ2n) is 4.73. The van der Waals surface area contributed by atoms with Crippen molar-refractivity contribution >= 4 is 34.7 Å². The van der Waals surface area contributed by atoms with Crippen molar-refractivity contribution in [3.63, 3.8) is 0 Å². The Hall–Kier alpha value is -1.83. The normalized spacial score (nSPS) is 12.2. The first kappa shape index (κ1) is 16.5. The molecule has 0 unspecified atom stereocenters. The lowest BCUT2D eigenvalue weighted by atomic mass is 10.1. The number of hydrogen-bond acceptors (Lipinski definition) is 5. The molecule has 0 aliphatic carbocycles. The lowest BCUT2D eigenvalue weighted by molar-refractivity contribution is -0.384. The highest BCUT2D eigenvalue weighted by atomic mass is 35.5. The van der Waals surface area contributed by atoms with Gasteiger partial charge in [0, 0.05) is 29.2 Å². The fourth-order valence-electron chi connectivity index (χ4n) is 2.14. The van der Waals surface area contributed by atoms with Crippen LogP contribution in [0.2, 0.25) is 10.0 Å². The summed E-state index contributed by atoms with van der Waals surface area (Å²) in [7, 11) is 1.59. The Morgan fingerprint density at radius 2 is 2.18 bits per heavy atom.